The van der Waals surface area contributed by atoms with Crippen LogP contribution in [0.2, 0.25) is 0 Å². The molecule has 1 saturated heterocycles. The summed E-state index contributed by atoms with van der Waals surface area (Å²) in [7, 11) is 0. The minimum absolute atomic E-state index is 0.120. The fourth-order valence-corrected chi connectivity index (χ4v) is 3.68. The molecule has 0 bridgehead atoms. The Bertz CT molecular complexity index is 818. The van der Waals surface area contributed by atoms with Crippen molar-refractivity contribution in [2.24, 2.45) is 22.0 Å². The highest BCUT2D eigenvalue weighted by molar-refractivity contribution is 7.80. The Morgan fingerprint density at radius 1 is 0.935 bits per heavy atom. The molecule has 0 spiro atoms. The summed E-state index contributed by atoms with van der Waals surface area (Å²) < 4.78 is 0. The van der Waals surface area contributed by atoms with Gasteiger partial charge in [0.05, 0.1) is 24.1 Å². The van der Waals surface area contributed by atoms with Gasteiger partial charge in [0.25, 0.3) is 0 Å². The molecule has 3 unspecified atom stereocenters. The van der Waals surface area contributed by atoms with E-state index in [1.165, 1.54) is 11.1 Å². The number of allylic oxidation sites excluding steroid dienone is 2. The lowest BCUT2D eigenvalue weighted by Crippen LogP contribution is -2.46. The summed E-state index contributed by atoms with van der Waals surface area (Å²) in [5.74, 6) is -1.51. The maximum atomic E-state index is 12.9. The van der Waals surface area contributed by atoms with E-state index in [0.29, 0.717) is 15.9 Å². The average Bonchev–Trinajstić information content (AvgIpc) is 2.93. The molecule has 31 heavy (non-hydrogen) atoms. The number of carbonyl (C=O) groups excluding carboxylic acids is 2. The van der Waals surface area contributed by atoms with E-state index in [9.17, 15) is 9.59 Å². The van der Waals surface area contributed by atoms with Gasteiger partial charge in [-0.05, 0) is 59.1 Å². The zero-order chi connectivity index (χ0) is 23.1. The number of nitrogens with zero attached hydrogens (tertiary/aromatic N) is 3. The third-order valence-electron chi connectivity index (χ3n) is 4.48. The van der Waals surface area contributed by atoms with Crippen LogP contribution in [0.4, 0.5) is 0 Å². The molecule has 1 aliphatic carbocycles. The smallest absolute Gasteiger partial charge is 0.237 e. The number of thiocarbonyl (C=S) groups is 2. The normalized spacial score (nSPS) is 21.6. The van der Waals surface area contributed by atoms with E-state index in [1.54, 1.807) is 31.2 Å². The number of hydrogen-bond donors (Lipinski definition) is 4. The number of amides is 2. The number of fused-ring (bicyclic) bond motifs is 1. The van der Waals surface area contributed by atoms with Gasteiger partial charge in [-0.25, -0.2) is 0 Å². The first kappa shape index (κ1) is 24.6. The maximum Gasteiger partial charge on any atom is 0.237 e. The van der Waals surface area contributed by atoms with Gasteiger partial charge >= 0.3 is 0 Å². The van der Waals surface area contributed by atoms with Crippen LogP contribution >= 0.6 is 24.4 Å². The lowest BCUT2D eigenvalue weighted by molar-refractivity contribution is -0.140. The van der Waals surface area contributed by atoms with Crippen molar-refractivity contribution < 1.29 is 9.59 Å². The minimum atomic E-state index is -0.668. The van der Waals surface area contributed by atoms with Gasteiger partial charge in [0.1, 0.15) is 5.71 Å². The van der Waals surface area contributed by atoms with Crippen LogP contribution in [-0.4, -0.2) is 57.0 Å². The largest absolute Gasteiger partial charge is 0.359 e. The fraction of sp³-hybridized carbons (Fsp3) is 0.500. The minimum Gasteiger partial charge on any atom is -0.359 e. The quantitative estimate of drug-likeness (QED) is 0.193. The summed E-state index contributed by atoms with van der Waals surface area (Å²) in [5.41, 5.74) is 5.78. The first-order valence-corrected chi connectivity index (χ1v) is 10.9. The van der Waals surface area contributed by atoms with Gasteiger partial charge in [0, 0.05) is 12.1 Å². The van der Waals surface area contributed by atoms with Crippen molar-refractivity contribution in [3.05, 3.63) is 24.3 Å². The Morgan fingerprint density at radius 2 is 1.42 bits per heavy atom. The first-order valence-electron chi connectivity index (χ1n) is 10.1. The molecule has 0 saturated carbocycles. The highest BCUT2D eigenvalue weighted by atomic mass is 32.1. The van der Waals surface area contributed by atoms with Crippen LogP contribution in [0.3, 0.4) is 0 Å². The van der Waals surface area contributed by atoms with E-state index in [2.05, 4.69) is 31.7 Å². The Labute approximate surface area is 193 Å². The molecule has 0 aromatic rings. The van der Waals surface area contributed by atoms with Gasteiger partial charge in [0.15, 0.2) is 10.2 Å². The van der Waals surface area contributed by atoms with Gasteiger partial charge in [-0.15, -0.1) is 0 Å². The third kappa shape index (κ3) is 6.66. The van der Waals surface area contributed by atoms with E-state index < -0.39 is 17.9 Å². The second-order valence-electron chi connectivity index (χ2n) is 7.82. The first-order chi connectivity index (χ1) is 14.6. The SMILES string of the molecule is CC(C)NC(=S)N/N=C/C(=N/NC(=S)NC(C)C)C(C)N1C(=O)C2C=CC=CC2C1=O. The van der Waals surface area contributed by atoms with Gasteiger partial charge in [-0.1, -0.05) is 24.3 Å². The lowest BCUT2D eigenvalue weighted by Gasteiger charge is -2.23. The molecule has 11 heteroatoms. The highest BCUT2D eigenvalue weighted by Crippen LogP contribution is 2.32. The fourth-order valence-electron chi connectivity index (χ4n) is 3.11. The van der Waals surface area contributed by atoms with Gasteiger partial charge in [-0.2, -0.15) is 10.2 Å². The van der Waals surface area contributed by atoms with Crippen molar-refractivity contribution in [1.29, 1.82) is 0 Å². The van der Waals surface area contributed by atoms with Crippen LogP contribution in [0.25, 0.3) is 0 Å². The summed E-state index contributed by atoms with van der Waals surface area (Å²) >= 11 is 10.4. The predicted molar refractivity (Wildman–Crippen MR) is 131 cm³/mol. The number of likely N-dealkylation sites (tertiary alicyclic amines) is 1. The van der Waals surface area contributed by atoms with E-state index >= 15 is 0 Å². The van der Waals surface area contributed by atoms with Crippen LogP contribution in [0.1, 0.15) is 34.6 Å². The van der Waals surface area contributed by atoms with E-state index in [0.717, 1.165) is 0 Å². The average molecular weight is 464 g/mol. The second kappa shape index (κ2) is 11.1. The highest BCUT2D eigenvalue weighted by Gasteiger charge is 2.48. The molecule has 9 nitrogen and oxygen atoms in total. The van der Waals surface area contributed by atoms with Crippen molar-refractivity contribution in [3.63, 3.8) is 0 Å². The van der Waals surface area contributed by atoms with Crippen LogP contribution < -0.4 is 21.5 Å². The molecule has 168 valence electrons. The predicted octanol–water partition coefficient (Wildman–Crippen LogP) is 1.19. The molecule has 4 N–H and O–H groups in total. The number of nitrogens with one attached hydrogen (secondary N) is 4. The van der Waals surface area contributed by atoms with Crippen molar-refractivity contribution in [1.82, 2.24) is 26.4 Å². The molecule has 2 amide bonds. The van der Waals surface area contributed by atoms with Crippen molar-refractivity contribution in [3.8, 4) is 0 Å². The van der Waals surface area contributed by atoms with E-state index in [4.69, 9.17) is 24.4 Å². The molecule has 1 aliphatic heterocycles. The molecule has 2 rings (SSSR count). The summed E-state index contributed by atoms with van der Waals surface area (Å²) in [6, 6.07) is -0.402. The Balaban J connectivity index is 2.22. The summed E-state index contributed by atoms with van der Waals surface area (Å²) in [5, 5.41) is 15.1. The Morgan fingerprint density at radius 3 is 1.90 bits per heavy atom. The molecule has 1 fully saturated rings. The van der Waals surface area contributed by atoms with Crippen molar-refractivity contribution in [2.45, 2.75) is 52.7 Å². The van der Waals surface area contributed by atoms with Crippen LogP contribution in [0.15, 0.2) is 34.5 Å². The lowest BCUT2D eigenvalue weighted by atomic mass is 9.91. The second-order valence-corrected chi connectivity index (χ2v) is 8.64. The Kier molecular flexibility index (Phi) is 8.81. The summed E-state index contributed by atoms with van der Waals surface area (Å²) in [6.07, 6.45) is 8.47. The zero-order valence-corrected chi connectivity index (χ0v) is 19.9. The molecule has 3 atom stereocenters. The van der Waals surface area contributed by atoms with Crippen LogP contribution in [-0.2, 0) is 9.59 Å². The number of hydrogen-bond acceptors (Lipinski definition) is 6. The molecular formula is C20H29N7O2S2. The number of hydrazone groups is 2. The molecule has 0 aromatic heterocycles. The van der Waals surface area contributed by atoms with E-state index in [1.807, 2.05) is 27.7 Å². The topological polar surface area (TPSA) is 110 Å². The monoisotopic (exact) mass is 463 g/mol. The molecule has 0 aromatic carbocycles. The van der Waals surface area contributed by atoms with Crippen molar-refractivity contribution in [2.75, 3.05) is 0 Å². The number of imide groups is 1. The van der Waals surface area contributed by atoms with Crippen LogP contribution in [0.5, 0.6) is 0 Å². The Hall–Kier alpha value is -2.66. The van der Waals surface area contributed by atoms with Gasteiger partial charge < -0.3 is 10.6 Å². The van der Waals surface area contributed by atoms with E-state index in [-0.39, 0.29) is 23.9 Å². The molecule has 0 radical (unpaired) electrons. The molecule has 2 aliphatic rings. The van der Waals surface area contributed by atoms with Crippen molar-refractivity contribution >= 4 is 58.4 Å². The van der Waals surface area contributed by atoms with Gasteiger partial charge in [-0.3, -0.25) is 25.3 Å². The third-order valence-corrected chi connectivity index (χ3v) is 4.90. The number of rotatable bonds is 7. The van der Waals surface area contributed by atoms with Crippen LogP contribution in [0, 0.1) is 11.8 Å². The standard InChI is InChI=1S/C20H29N7O2S2/c1-11(2)22-19(30)25-21-10-16(24-26-20(31)23-12(3)4)13(5)27-17(28)14-8-6-7-9-15(14)18(27)29/h6-15H,1-5H3,(H2,22,25,30)(H2,23,26,31)/b21-10+,24-16-. The maximum absolute atomic E-state index is 12.9. The molecule has 1 heterocycles. The summed E-state index contributed by atoms with van der Waals surface area (Å²) in [4.78, 5) is 27.0. The summed E-state index contributed by atoms with van der Waals surface area (Å²) in [6.45, 7) is 9.51. The number of carbonyl (C=O) groups is 2. The zero-order valence-electron chi connectivity index (χ0n) is 18.2. The molecular weight excluding hydrogens is 434 g/mol. The van der Waals surface area contributed by atoms with Gasteiger partial charge in [0.2, 0.25) is 11.8 Å².